The molecular weight excluding hydrogens is 609 g/mol. The molecule has 4 aromatic carbocycles. The van der Waals surface area contributed by atoms with Crippen LogP contribution in [0.5, 0.6) is 0 Å². The van der Waals surface area contributed by atoms with Crippen molar-refractivity contribution in [3.8, 4) is 5.69 Å². The largest absolute Gasteiger partial charge is 0.320 e. The molecule has 1 aliphatic heterocycles. The van der Waals surface area contributed by atoms with Gasteiger partial charge < -0.3 is 9.47 Å². The van der Waals surface area contributed by atoms with Crippen LogP contribution in [0.15, 0.2) is 152 Å². The lowest BCUT2D eigenvalue weighted by atomic mass is 9.93. The van der Waals surface area contributed by atoms with Crippen LogP contribution in [0.4, 0.5) is 5.69 Å². The van der Waals surface area contributed by atoms with E-state index in [0.29, 0.717) is 0 Å². The van der Waals surface area contributed by atoms with E-state index in [4.69, 9.17) is 9.97 Å². The van der Waals surface area contributed by atoms with Crippen LogP contribution < -0.4 is 4.90 Å². The summed E-state index contributed by atoms with van der Waals surface area (Å²) in [5.74, 6) is 1.07. The van der Waals surface area contributed by atoms with Gasteiger partial charge in [0.15, 0.2) is 5.82 Å². The monoisotopic (exact) mass is 644 g/mol. The summed E-state index contributed by atoms with van der Waals surface area (Å²) in [5, 5.41) is 5.12. The highest BCUT2D eigenvalue weighted by Crippen LogP contribution is 2.45. The predicted molar refractivity (Wildman–Crippen MR) is 209 cm³/mol. The van der Waals surface area contributed by atoms with Gasteiger partial charge in [0.05, 0.1) is 28.1 Å². The molecule has 3 aliphatic carbocycles. The lowest BCUT2D eigenvalue weighted by Crippen LogP contribution is -2.19. The Labute approximate surface area is 292 Å². The third-order valence-electron chi connectivity index (χ3n) is 10.5. The van der Waals surface area contributed by atoms with E-state index in [-0.39, 0.29) is 5.92 Å². The summed E-state index contributed by atoms with van der Waals surface area (Å²) in [6.07, 6.45) is 29.8. The van der Waals surface area contributed by atoms with Gasteiger partial charge in [-0.3, -0.25) is 0 Å². The minimum atomic E-state index is 0.255. The van der Waals surface area contributed by atoms with Crippen LogP contribution in [0.2, 0.25) is 0 Å². The molecule has 0 spiro atoms. The van der Waals surface area contributed by atoms with E-state index in [1.165, 1.54) is 60.8 Å². The molecule has 1 atom stereocenters. The fourth-order valence-corrected chi connectivity index (χ4v) is 8.19. The third kappa shape index (κ3) is 4.74. The molecule has 0 bridgehead atoms. The number of benzene rings is 4. The van der Waals surface area contributed by atoms with Crippen molar-refractivity contribution in [3.63, 3.8) is 0 Å². The van der Waals surface area contributed by atoms with Crippen LogP contribution in [-0.2, 0) is 0 Å². The Kier molecular flexibility index (Phi) is 6.87. The first-order valence-corrected chi connectivity index (χ1v) is 17.8. The molecule has 3 heterocycles. The van der Waals surface area contributed by atoms with Gasteiger partial charge in [0.1, 0.15) is 0 Å². The molecule has 0 saturated heterocycles. The van der Waals surface area contributed by atoms with Crippen molar-refractivity contribution in [3.05, 3.63) is 174 Å². The van der Waals surface area contributed by atoms with Gasteiger partial charge in [-0.25, -0.2) is 9.97 Å². The average molecular weight is 645 g/mol. The maximum Gasteiger partial charge on any atom is 0.159 e. The second-order valence-electron chi connectivity index (χ2n) is 13.6. The zero-order chi connectivity index (χ0) is 33.0. The van der Waals surface area contributed by atoms with Crippen LogP contribution in [-0.4, -0.2) is 14.5 Å². The summed E-state index contributed by atoms with van der Waals surface area (Å²) in [5.41, 5.74) is 11.8. The van der Waals surface area contributed by atoms with Crippen LogP contribution >= 0.6 is 0 Å². The minimum Gasteiger partial charge on any atom is -0.320 e. The number of aromatic nitrogens is 3. The van der Waals surface area contributed by atoms with Crippen molar-refractivity contribution in [1.29, 1.82) is 0 Å². The second-order valence-corrected chi connectivity index (χ2v) is 13.6. The summed E-state index contributed by atoms with van der Waals surface area (Å²) in [7, 11) is 0. The van der Waals surface area contributed by atoms with Crippen LogP contribution in [0.1, 0.15) is 60.8 Å². The van der Waals surface area contributed by atoms with Gasteiger partial charge in [-0.05, 0) is 97.2 Å². The molecule has 4 nitrogen and oxygen atoms in total. The van der Waals surface area contributed by atoms with Crippen LogP contribution in [0.3, 0.4) is 0 Å². The highest BCUT2D eigenvalue weighted by molar-refractivity contribution is 6.21. The SMILES string of the molecule is C1=CCC(c2cc(C3=CCCC=C3)nc(C3=CCCC(N4C=Cc5c6c4cccc6cc4c5c5ccccc5n4-c4ccccc4)=C3)n2)C=C1. The summed E-state index contributed by atoms with van der Waals surface area (Å²) in [4.78, 5) is 12.8. The number of para-hydroxylation sites is 2. The van der Waals surface area contributed by atoms with Gasteiger partial charge in [0.2, 0.25) is 0 Å². The van der Waals surface area contributed by atoms with E-state index < -0.39 is 0 Å². The molecule has 1 unspecified atom stereocenters. The fraction of sp³-hybridized carbons (Fsp3) is 0.130. The van der Waals surface area contributed by atoms with Crippen molar-refractivity contribution in [2.45, 2.75) is 38.0 Å². The van der Waals surface area contributed by atoms with E-state index in [2.05, 4.69) is 161 Å². The highest BCUT2D eigenvalue weighted by Gasteiger charge is 2.25. The Morgan fingerprint density at radius 2 is 1.60 bits per heavy atom. The standard InChI is InChI=1S/C46H36N4/c1-4-14-31(15-5-1)39-30-40(32-16-6-2-7-17-32)48-46(47-39)34-19-12-22-36(28-34)49-27-26-38-44-33(18-13-25-42(44)49)29-43-45(38)37-23-10-11-24-41(37)50(43)35-20-8-3-9-21-35/h1,3-6,8-11,13-14,16-21,23-31H,2,7,12,15,22H2. The molecule has 240 valence electrons. The number of allylic oxidation sites excluding steroid dienone is 12. The fourth-order valence-electron chi connectivity index (χ4n) is 8.19. The smallest absolute Gasteiger partial charge is 0.159 e. The molecule has 50 heavy (non-hydrogen) atoms. The topological polar surface area (TPSA) is 34.0 Å². The highest BCUT2D eigenvalue weighted by atomic mass is 15.1. The summed E-state index contributed by atoms with van der Waals surface area (Å²) in [6, 6.07) is 30.8. The van der Waals surface area contributed by atoms with Gasteiger partial charge in [-0.15, -0.1) is 0 Å². The summed E-state index contributed by atoms with van der Waals surface area (Å²) < 4.78 is 2.41. The first kappa shape index (κ1) is 29.0. The quantitative estimate of drug-likeness (QED) is 0.187. The predicted octanol–water partition coefficient (Wildman–Crippen LogP) is 11.6. The lowest BCUT2D eigenvalue weighted by Gasteiger charge is -2.30. The van der Waals surface area contributed by atoms with E-state index in [0.717, 1.165) is 54.9 Å². The molecule has 2 aromatic heterocycles. The van der Waals surface area contributed by atoms with E-state index in [1.54, 1.807) is 0 Å². The molecule has 0 fully saturated rings. The number of hydrogen-bond acceptors (Lipinski definition) is 3. The van der Waals surface area contributed by atoms with Crippen LogP contribution in [0.25, 0.3) is 55.5 Å². The van der Waals surface area contributed by atoms with Crippen molar-refractivity contribution in [2.75, 3.05) is 4.90 Å². The second kappa shape index (κ2) is 11.9. The molecular formula is C46H36N4. The number of hydrogen-bond donors (Lipinski definition) is 0. The zero-order valence-electron chi connectivity index (χ0n) is 27.8. The number of rotatable bonds is 5. The van der Waals surface area contributed by atoms with Gasteiger partial charge >= 0.3 is 0 Å². The van der Waals surface area contributed by atoms with Crippen molar-refractivity contribution in [1.82, 2.24) is 14.5 Å². The molecule has 6 aromatic rings. The van der Waals surface area contributed by atoms with E-state index in [1.807, 2.05) is 0 Å². The number of anilines is 1. The normalized spacial score (nSPS) is 18.2. The van der Waals surface area contributed by atoms with Gasteiger partial charge in [-0.2, -0.15) is 0 Å². The molecule has 4 aliphatic rings. The third-order valence-corrected chi connectivity index (χ3v) is 10.5. The van der Waals surface area contributed by atoms with Crippen molar-refractivity contribution < 1.29 is 0 Å². The zero-order valence-corrected chi connectivity index (χ0v) is 27.8. The Bertz CT molecular complexity index is 2570. The average Bonchev–Trinajstić information content (AvgIpc) is 3.53. The maximum atomic E-state index is 5.22. The number of fused-ring (bicyclic) bond motifs is 4. The first-order valence-electron chi connectivity index (χ1n) is 17.8. The Balaban J connectivity index is 1.10. The molecule has 0 saturated carbocycles. The van der Waals surface area contributed by atoms with Crippen molar-refractivity contribution >= 4 is 55.5 Å². The molecule has 10 rings (SSSR count). The summed E-state index contributed by atoms with van der Waals surface area (Å²) >= 11 is 0. The molecule has 0 N–H and O–H groups in total. The lowest BCUT2D eigenvalue weighted by molar-refractivity contribution is 0.801. The van der Waals surface area contributed by atoms with Crippen LogP contribution in [0, 0.1) is 0 Å². The molecule has 0 radical (unpaired) electrons. The summed E-state index contributed by atoms with van der Waals surface area (Å²) in [6.45, 7) is 0. The Morgan fingerprint density at radius 3 is 2.48 bits per heavy atom. The molecule has 4 heteroatoms. The Hall–Kier alpha value is -6.00. The van der Waals surface area contributed by atoms with E-state index >= 15 is 0 Å². The number of nitrogens with zero attached hydrogens (tertiary/aromatic N) is 4. The first-order chi connectivity index (χ1) is 24.8. The van der Waals surface area contributed by atoms with Gasteiger partial charge in [-0.1, -0.05) is 97.1 Å². The molecule has 0 amide bonds. The van der Waals surface area contributed by atoms with Crippen molar-refractivity contribution in [2.24, 2.45) is 0 Å². The minimum absolute atomic E-state index is 0.255. The van der Waals surface area contributed by atoms with Gasteiger partial charge in [0, 0.05) is 45.2 Å². The maximum absolute atomic E-state index is 5.22. The Morgan fingerprint density at radius 1 is 0.700 bits per heavy atom. The van der Waals surface area contributed by atoms with Gasteiger partial charge in [0.25, 0.3) is 0 Å². The van der Waals surface area contributed by atoms with E-state index in [9.17, 15) is 0 Å².